The van der Waals surface area contributed by atoms with Gasteiger partial charge in [-0.25, -0.2) is 0 Å². The van der Waals surface area contributed by atoms with Crippen LogP contribution < -0.4 is 14.9 Å². The van der Waals surface area contributed by atoms with Crippen LogP contribution in [0.2, 0.25) is 5.02 Å². The summed E-state index contributed by atoms with van der Waals surface area (Å²) in [5, 5.41) is 12.5. The van der Waals surface area contributed by atoms with Crippen molar-refractivity contribution < 1.29 is 24.0 Å². The molecule has 2 amide bonds. The van der Waals surface area contributed by atoms with Gasteiger partial charge in [0, 0.05) is 0 Å². The normalized spacial score (nSPS) is 16.3. The smallest absolute Gasteiger partial charge is 0.285 e. The van der Waals surface area contributed by atoms with Gasteiger partial charge in [0.2, 0.25) is 6.79 Å². The molecule has 0 spiro atoms. The molecule has 0 bridgehead atoms. The zero-order chi connectivity index (χ0) is 21.4. The zero-order valence-corrected chi connectivity index (χ0v) is 17.2. The largest absolute Gasteiger partial charge is 0.454 e. The molecule has 2 aromatic carbocycles. The predicted octanol–water partition coefficient (Wildman–Crippen LogP) is 3.52. The molecule has 1 N–H and O–H groups in total. The number of thiocarbonyl (C=S) groups is 1. The van der Waals surface area contributed by atoms with Crippen LogP contribution in [0.3, 0.4) is 0 Å². The first-order valence-corrected chi connectivity index (χ1v) is 9.87. The summed E-state index contributed by atoms with van der Waals surface area (Å²) >= 11 is 12.1. The molecule has 0 unspecified atom stereocenters. The number of halogens is 1. The Hall–Kier alpha value is -3.15. The fourth-order valence-electron chi connectivity index (χ4n) is 2.73. The molecular weight excluding hydrogens is 454 g/mol. The van der Waals surface area contributed by atoms with E-state index in [1.807, 2.05) is 0 Å². The van der Waals surface area contributed by atoms with Crippen molar-refractivity contribution in [3.8, 4) is 11.5 Å². The second-order valence-electron chi connectivity index (χ2n) is 5.96. The van der Waals surface area contributed by atoms with E-state index in [1.54, 1.807) is 18.2 Å². The molecule has 0 aromatic heterocycles. The molecule has 1 fully saturated rings. The number of rotatable bonds is 4. The number of hydrogen-bond acceptors (Lipinski definition) is 8. The number of nitro benzene ring substituents is 1. The number of nitrogens with zero attached hydrogens (tertiary/aromatic N) is 2. The molecule has 0 atom stereocenters. The molecule has 152 valence electrons. The van der Waals surface area contributed by atoms with Gasteiger partial charge in [-0.1, -0.05) is 35.5 Å². The number of nitrogens with one attached hydrogen (secondary N) is 1. The Bertz CT molecular complexity index is 1150. The van der Waals surface area contributed by atoms with Crippen molar-refractivity contribution in [2.75, 3.05) is 6.79 Å². The Morgan fingerprint density at radius 1 is 1.30 bits per heavy atom. The number of fused-ring (bicyclic) bond motifs is 1. The van der Waals surface area contributed by atoms with E-state index in [0.29, 0.717) is 5.75 Å². The summed E-state index contributed by atoms with van der Waals surface area (Å²) in [6.07, 6.45) is 1.32. The van der Waals surface area contributed by atoms with E-state index in [1.165, 1.54) is 24.3 Å². The SMILES string of the molecule is O=C(NN1C(=O)/C(=C/c2cc3c(cc2[N+](=O)[O-])OCO3)SC1=S)c1ccccc1Cl. The Morgan fingerprint density at radius 2 is 2.00 bits per heavy atom. The van der Waals surface area contributed by atoms with Crippen molar-refractivity contribution in [2.24, 2.45) is 0 Å². The van der Waals surface area contributed by atoms with Gasteiger partial charge < -0.3 is 9.47 Å². The third kappa shape index (κ3) is 3.70. The number of thioether (sulfide) groups is 1. The molecule has 2 aliphatic heterocycles. The Balaban J connectivity index is 1.62. The highest BCUT2D eigenvalue weighted by molar-refractivity contribution is 8.26. The molecule has 2 heterocycles. The summed E-state index contributed by atoms with van der Waals surface area (Å²) in [4.78, 5) is 36.1. The predicted molar refractivity (Wildman–Crippen MR) is 113 cm³/mol. The molecule has 0 radical (unpaired) electrons. The third-order valence-corrected chi connectivity index (χ3v) is 5.76. The van der Waals surface area contributed by atoms with Crippen molar-refractivity contribution >= 4 is 63.5 Å². The monoisotopic (exact) mass is 463 g/mol. The van der Waals surface area contributed by atoms with Crippen molar-refractivity contribution in [1.82, 2.24) is 10.4 Å². The molecule has 2 aromatic rings. The number of hydrogen-bond donors (Lipinski definition) is 1. The average molecular weight is 464 g/mol. The molecule has 9 nitrogen and oxygen atoms in total. The minimum Gasteiger partial charge on any atom is -0.454 e. The van der Waals surface area contributed by atoms with Crippen LogP contribution >= 0.6 is 35.6 Å². The van der Waals surface area contributed by atoms with E-state index in [-0.39, 0.29) is 43.6 Å². The zero-order valence-electron chi connectivity index (χ0n) is 14.8. The number of carbonyl (C=O) groups excluding carboxylic acids is 2. The van der Waals surface area contributed by atoms with Crippen LogP contribution in [0.1, 0.15) is 15.9 Å². The maximum Gasteiger partial charge on any atom is 0.285 e. The second-order valence-corrected chi connectivity index (χ2v) is 8.04. The third-order valence-electron chi connectivity index (χ3n) is 4.13. The summed E-state index contributed by atoms with van der Waals surface area (Å²) in [5.41, 5.74) is 2.46. The van der Waals surface area contributed by atoms with Gasteiger partial charge >= 0.3 is 0 Å². The van der Waals surface area contributed by atoms with Crippen LogP contribution in [0, 0.1) is 10.1 Å². The van der Waals surface area contributed by atoms with Crippen molar-refractivity contribution in [1.29, 1.82) is 0 Å². The minimum atomic E-state index is -0.627. The van der Waals surface area contributed by atoms with Crippen LogP contribution in [-0.4, -0.2) is 32.9 Å². The van der Waals surface area contributed by atoms with Gasteiger partial charge in [0.05, 0.1) is 32.0 Å². The van der Waals surface area contributed by atoms with Crippen LogP contribution in [0.25, 0.3) is 6.08 Å². The fourth-order valence-corrected chi connectivity index (χ4v) is 4.13. The van der Waals surface area contributed by atoms with Crippen molar-refractivity contribution in [3.63, 3.8) is 0 Å². The van der Waals surface area contributed by atoms with Gasteiger partial charge in [-0.2, -0.15) is 5.01 Å². The first-order chi connectivity index (χ1) is 14.3. The van der Waals surface area contributed by atoms with E-state index in [9.17, 15) is 19.7 Å². The number of nitro groups is 1. The highest BCUT2D eigenvalue weighted by atomic mass is 35.5. The van der Waals surface area contributed by atoms with Crippen LogP contribution in [-0.2, 0) is 4.79 Å². The summed E-state index contributed by atoms with van der Waals surface area (Å²) in [6, 6.07) is 8.98. The van der Waals surface area contributed by atoms with Gasteiger partial charge in [-0.3, -0.25) is 25.1 Å². The molecule has 4 rings (SSSR count). The lowest BCUT2D eigenvalue weighted by atomic mass is 10.1. The number of benzene rings is 2. The Kier molecular flexibility index (Phi) is 5.33. The summed E-state index contributed by atoms with van der Waals surface area (Å²) < 4.78 is 10.5. The van der Waals surface area contributed by atoms with Gasteiger partial charge in [0.25, 0.3) is 17.5 Å². The quantitative estimate of drug-likeness (QED) is 0.317. The molecule has 30 heavy (non-hydrogen) atoms. The van der Waals surface area contributed by atoms with Crippen LogP contribution in [0.15, 0.2) is 41.3 Å². The van der Waals surface area contributed by atoms with Crippen molar-refractivity contribution in [3.05, 3.63) is 67.6 Å². The Morgan fingerprint density at radius 3 is 2.70 bits per heavy atom. The fraction of sp³-hybridized carbons (Fsp3) is 0.0556. The van der Waals surface area contributed by atoms with E-state index < -0.39 is 16.7 Å². The first-order valence-electron chi connectivity index (χ1n) is 8.26. The lowest BCUT2D eigenvalue weighted by Crippen LogP contribution is -2.44. The lowest BCUT2D eigenvalue weighted by Gasteiger charge is -2.16. The average Bonchev–Trinajstić information content (AvgIpc) is 3.27. The van der Waals surface area contributed by atoms with Gasteiger partial charge in [-0.05, 0) is 36.5 Å². The summed E-state index contributed by atoms with van der Waals surface area (Å²) in [7, 11) is 0. The molecule has 1 saturated heterocycles. The number of ether oxygens (including phenoxy) is 2. The molecule has 0 aliphatic carbocycles. The minimum absolute atomic E-state index is 0.0495. The number of hydrazine groups is 1. The van der Waals surface area contributed by atoms with Crippen LogP contribution in [0.4, 0.5) is 5.69 Å². The highest BCUT2D eigenvalue weighted by Gasteiger charge is 2.35. The summed E-state index contributed by atoms with van der Waals surface area (Å²) in [6.45, 7) is -0.0495. The molecular formula is C18H10ClN3O6S2. The summed E-state index contributed by atoms with van der Waals surface area (Å²) in [5.74, 6) is -0.669. The van der Waals surface area contributed by atoms with E-state index >= 15 is 0 Å². The maximum atomic E-state index is 12.8. The lowest BCUT2D eigenvalue weighted by molar-refractivity contribution is -0.385. The highest BCUT2D eigenvalue weighted by Crippen LogP contribution is 2.40. The van der Waals surface area contributed by atoms with Gasteiger partial charge in [0.15, 0.2) is 15.8 Å². The number of carbonyl (C=O) groups is 2. The molecule has 12 heteroatoms. The Labute approximate surface area is 183 Å². The topological polar surface area (TPSA) is 111 Å². The van der Waals surface area contributed by atoms with E-state index in [4.69, 9.17) is 33.3 Å². The maximum absolute atomic E-state index is 12.8. The van der Waals surface area contributed by atoms with Gasteiger partial charge in [0.1, 0.15) is 0 Å². The van der Waals surface area contributed by atoms with Crippen LogP contribution in [0.5, 0.6) is 11.5 Å². The first kappa shape index (κ1) is 20.1. The van der Waals surface area contributed by atoms with E-state index in [2.05, 4.69) is 5.43 Å². The molecule has 2 aliphatic rings. The number of amides is 2. The second kappa shape index (κ2) is 7.94. The van der Waals surface area contributed by atoms with E-state index in [0.717, 1.165) is 16.8 Å². The van der Waals surface area contributed by atoms with Gasteiger partial charge in [-0.15, -0.1) is 0 Å². The molecule has 0 saturated carbocycles. The van der Waals surface area contributed by atoms with Crippen molar-refractivity contribution in [2.45, 2.75) is 0 Å². The standard InChI is InChI=1S/C18H10ClN3O6S2/c19-11-4-2-1-3-10(11)16(23)20-21-17(24)15(30-18(21)29)6-9-5-13-14(28-8-27-13)7-12(9)22(25)26/h1-7H,8H2,(H,20,23)/b15-6-.